The fraction of sp³-hybridized carbons (Fsp3) is 0.231. The molecule has 3 N–H and O–H groups in total. The summed E-state index contributed by atoms with van der Waals surface area (Å²) >= 11 is 0. The lowest BCUT2D eigenvalue weighted by Crippen LogP contribution is -2.23. The van der Waals surface area contributed by atoms with Crippen LogP contribution in [0.4, 0.5) is 11.4 Å². The fourth-order valence-electron chi connectivity index (χ4n) is 3.04. The van der Waals surface area contributed by atoms with Gasteiger partial charge in [0.05, 0.1) is 13.2 Å². The van der Waals surface area contributed by atoms with Gasteiger partial charge in [-0.05, 0) is 55.0 Å². The van der Waals surface area contributed by atoms with Crippen molar-refractivity contribution in [2.45, 2.75) is 13.5 Å². The van der Waals surface area contributed by atoms with Crippen molar-refractivity contribution in [3.05, 3.63) is 90.0 Å². The summed E-state index contributed by atoms with van der Waals surface area (Å²) in [4.78, 5) is 24.7. The second kappa shape index (κ2) is 12.9. The first-order valence-corrected chi connectivity index (χ1v) is 10.9. The van der Waals surface area contributed by atoms with Gasteiger partial charge in [0.25, 0.3) is 5.91 Å². The van der Waals surface area contributed by atoms with Crippen LogP contribution in [0.25, 0.3) is 0 Å². The summed E-state index contributed by atoms with van der Waals surface area (Å²) in [5.74, 6) is 0.350. The van der Waals surface area contributed by atoms with Gasteiger partial charge in [0.15, 0.2) is 0 Å². The molecule has 0 unspecified atom stereocenters. The van der Waals surface area contributed by atoms with Crippen molar-refractivity contribution in [1.82, 2.24) is 5.32 Å². The highest BCUT2D eigenvalue weighted by Crippen LogP contribution is 2.16. The molecule has 7 heteroatoms. The molecular weight excluding hydrogens is 418 g/mol. The first-order valence-electron chi connectivity index (χ1n) is 10.9. The van der Waals surface area contributed by atoms with E-state index in [0.717, 1.165) is 5.56 Å². The van der Waals surface area contributed by atoms with Gasteiger partial charge in [0.1, 0.15) is 12.4 Å². The summed E-state index contributed by atoms with van der Waals surface area (Å²) in [6, 6.07) is 23.9. The van der Waals surface area contributed by atoms with Crippen molar-refractivity contribution < 1.29 is 19.1 Å². The molecule has 3 rings (SSSR count). The Hall–Kier alpha value is -3.84. The minimum absolute atomic E-state index is 0.0711. The first kappa shape index (κ1) is 23.8. The molecule has 0 saturated carbocycles. The van der Waals surface area contributed by atoms with E-state index in [9.17, 15) is 9.59 Å². The van der Waals surface area contributed by atoms with Crippen LogP contribution < -0.4 is 20.7 Å². The lowest BCUT2D eigenvalue weighted by Gasteiger charge is -2.11. The van der Waals surface area contributed by atoms with Gasteiger partial charge in [-0.15, -0.1) is 0 Å². The summed E-state index contributed by atoms with van der Waals surface area (Å²) in [5.41, 5.74) is 2.92. The topological polar surface area (TPSA) is 88.7 Å². The highest BCUT2D eigenvalue weighted by Gasteiger charge is 2.08. The Morgan fingerprint density at radius 3 is 2.39 bits per heavy atom. The zero-order valence-corrected chi connectivity index (χ0v) is 18.7. The van der Waals surface area contributed by atoms with Crippen molar-refractivity contribution in [3.8, 4) is 5.75 Å². The maximum atomic E-state index is 12.4. The van der Waals surface area contributed by atoms with E-state index in [2.05, 4.69) is 16.0 Å². The lowest BCUT2D eigenvalue weighted by atomic mass is 10.1. The third-order valence-corrected chi connectivity index (χ3v) is 4.71. The zero-order chi connectivity index (χ0) is 23.3. The predicted molar refractivity (Wildman–Crippen MR) is 130 cm³/mol. The van der Waals surface area contributed by atoms with Gasteiger partial charge in [0.2, 0.25) is 5.91 Å². The predicted octanol–water partition coefficient (Wildman–Crippen LogP) is 4.08. The van der Waals surface area contributed by atoms with E-state index in [0.29, 0.717) is 49.1 Å². The smallest absolute Gasteiger partial charge is 0.251 e. The third kappa shape index (κ3) is 8.31. The molecule has 0 atom stereocenters. The molecule has 0 aliphatic heterocycles. The van der Waals surface area contributed by atoms with Gasteiger partial charge < -0.3 is 25.4 Å². The molecule has 0 spiro atoms. The number of hydrogen-bond acceptors (Lipinski definition) is 5. The average molecular weight is 448 g/mol. The molecule has 0 bridgehead atoms. The van der Waals surface area contributed by atoms with Gasteiger partial charge in [-0.25, -0.2) is 0 Å². The highest BCUT2D eigenvalue weighted by molar-refractivity contribution is 5.96. The number of amides is 2. The second-order valence-corrected chi connectivity index (χ2v) is 7.22. The fourth-order valence-corrected chi connectivity index (χ4v) is 3.04. The number of benzene rings is 3. The van der Waals surface area contributed by atoms with Gasteiger partial charge in [-0.2, -0.15) is 0 Å². The van der Waals surface area contributed by atoms with Crippen LogP contribution in [0.15, 0.2) is 78.9 Å². The number of anilines is 2. The Kier molecular flexibility index (Phi) is 9.29. The Morgan fingerprint density at radius 2 is 1.64 bits per heavy atom. The molecule has 0 aliphatic carbocycles. The van der Waals surface area contributed by atoms with Crippen LogP contribution in [-0.4, -0.2) is 38.2 Å². The van der Waals surface area contributed by atoms with E-state index < -0.39 is 0 Å². The van der Waals surface area contributed by atoms with E-state index in [4.69, 9.17) is 9.47 Å². The maximum Gasteiger partial charge on any atom is 0.251 e. The Balaban J connectivity index is 1.44. The molecule has 0 saturated heterocycles. The van der Waals surface area contributed by atoms with Gasteiger partial charge in [-0.3, -0.25) is 9.59 Å². The quantitative estimate of drug-likeness (QED) is 0.364. The first-order chi connectivity index (χ1) is 16.1. The van der Waals surface area contributed by atoms with Crippen molar-refractivity contribution in [1.29, 1.82) is 0 Å². The number of carbonyl (C=O) groups excluding carboxylic acids is 2. The monoisotopic (exact) mass is 447 g/mol. The van der Waals surface area contributed by atoms with Crippen molar-refractivity contribution in [2.75, 3.05) is 37.0 Å². The summed E-state index contributed by atoms with van der Waals surface area (Å²) < 4.78 is 10.8. The molecule has 33 heavy (non-hydrogen) atoms. The van der Waals surface area contributed by atoms with Crippen LogP contribution in [0.1, 0.15) is 22.8 Å². The normalized spacial score (nSPS) is 10.3. The molecule has 0 aromatic heterocycles. The van der Waals surface area contributed by atoms with Gasteiger partial charge in [0, 0.05) is 30.1 Å². The number of hydrogen-bond donors (Lipinski definition) is 3. The Labute approximate surface area is 194 Å². The van der Waals surface area contributed by atoms with E-state index in [1.165, 1.54) is 0 Å². The Bertz CT molecular complexity index is 1020. The molecule has 7 nitrogen and oxygen atoms in total. The summed E-state index contributed by atoms with van der Waals surface area (Å²) in [6.07, 6.45) is 0. The lowest BCUT2D eigenvalue weighted by molar-refractivity contribution is -0.114. The second-order valence-electron chi connectivity index (χ2n) is 7.22. The highest BCUT2D eigenvalue weighted by atomic mass is 16.5. The number of ether oxygens (including phenoxy) is 2. The molecule has 0 heterocycles. The Morgan fingerprint density at radius 1 is 0.848 bits per heavy atom. The number of rotatable bonds is 12. The molecular formula is C26H29N3O4. The van der Waals surface area contributed by atoms with Crippen LogP contribution in [0, 0.1) is 0 Å². The molecule has 0 aliphatic rings. The number of carbonyl (C=O) groups is 2. The van der Waals surface area contributed by atoms with Crippen molar-refractivity contribution in [2.24, 2.45) is 0 Å². The minimum Gasteiger partial charge on any atom is -0.491 e. The molecule has 172 valence electrons. The van der Waals surface area contributed by atoms with Gasteiger partial charge >= 0.3 is 0 Å². The molecule has 0 radical (unpaired) electrons. The third-order valence-electron chi connectivity index (χ3n) is 4.71. The van der Waals surface area contributed by atoms with Crippen LogP contribution in [0.5, 0.6) is 5.75 Å². The van der Waals surface area contributed by atoms with Crippen molar-refractivity contribution >= 4 is 23.2 Å². The van der Waals surface area contributed by atoms with Crippen LogP contribution in [0.2, 0.25) is 0 Å². The standard InChI is InChI=1S/C26H29N3O4/c1-2-32-15-16-33-24-13-11-22(12-14-24)29-25(30)19-27-23-10-6-9-21(17-23)26(31)28-18-20-7-4-3-5-8-20/h3-14,17,27H,2,15-16,18-19H2,1H3,(H,28,31)(H,29,30). The van der Waals surface area contributed by atoms with E-state index in [-0.39, 0.29) is 18.4 Å². The van der Waals surface area contributed by atoms with Crippen LogP contribution in [0.3, 0.4) is 0 Å². The van der Waals surface area contributed by atoms with Crippen LogP contribution >= 0.6 is 0 Å². The molecule has 0 fully saturated rings. The summed E-state index contributed by atoms with van der Waals surface area (Å²) in [5, 5.41) is 8.79. The summed E-state index contributed by atoms with van der Waals surface area (Å²) in [7, 11) is 0. The SMILES string of the molecule is CCOCCOc1ccc(NC(=O)CNc2cccc(C(=O)NCc3ccccc3)c2)cc1. The van der Waals surface area contributed by atoms with E-state index in [1.807, 2.05) is 43.3 Å². The number of nitrogens with one attached hydrogen (secondary N) is 3. The zero-order valence-electron chi connectivity index (χ0n) is 18.7. The van der Waals surface area contributed by atoms with Crippen molar-refractivity contribution in [3.63, 3.8) is 0 Å². The maximum absolute atomic E-state index is 12.4. The molecule has 2 amide bonds. The molecule has 3 aromatic carbocycles. The summed E-state index contributed by atoms with van der Waals surface area (Å²) in [6.45, 7) is 4.14. The van der Waals surface area contributed by atoms with E-state index in [1.54, 1.807) is 42.5 Å². The largest absolute Gasteiger partial charge is 0.491 e. The van der Waals surface area contributed by atoms with Gasteiger partial charge in [-0.1, -0.05) is 36.4 Å². The molecule has 3 aromatic rings. The minimum atomic E-state index is -0.195. The average Bonchev–Trinajstić information content (AvgIpc) is 2.86. The van der Waals surface area contributed by atoms with Crippen LogP contribution in [-0.2, 0) is 16.1 Å². The van der Waals surface area contributed by atoms with E-state index >= 15 is 0 Å².